The minimum Gasteiger partial charge on any atom is -0.465 e. The van der Waals surface area contributed by atoms with Gasteiger partial charge in [-0.3, -0.25) is 4.79 Å². The number of benzene rings is 3. The quantitative estimate of drug-likeness (QED) is 0.580. The van der Waals surface area contributed by atoms with Gasteiger partial charge in [0.2, 0.25) is 5.91 Å². The zero-order valence-corrected chi connectivity index (χ0v) is 16.3. The number of hydrogen-bond donors (Lipinski definition) is 1. The highest BCUT2D eigenvalue weighted by molar-refractivity contribution is 8.00. The standard InChI is InChI=1S/C23H21NO3S/c1-27-23(26)19-13-8-14-20(15-19)24-21(25)16-28-22(17-9-4-2-5-10-17)18-11-6-3-7-12-18/h2-15,22H,16H2,1H3,(H,24,25). The van der Waals surface area contributed by atoms with Crippen molar-refractivity contribution in [3.63, 3.8) is 0 Å². The van der Waals surface area contributed by atoms with Crippen LogP contribution in [0.25, 0.3) is 0 Å². The second-order valence-electron chi connectivity index (χ2n) is 6.13. The lowest BCUT2D eigenvalue weighted by atomic mass is 10.0. The molecule has 0 aliphatic carbocycles. The Bertz CT molecular complexity index is 889. The zero-order valence-electron chi connectivity index (χ0n) is 15.5. The summed E-state index contributed by atoms with van der Waals surface area (Å²) >= 11 is 1.57. The molecule has 0 aromatic heterocycles. The molecule has 0 saturated heterocycles. The lowest BCUT2D eigenvalue weighted by molar-refractivity contribution is -0.113. The van der Waals surface area contributed by atoms with E-state index in [1.54, 1.807) is 36.0 Å². The molecule has 4 nitrogen and oxygen atoms in total. The summed E-state index contributed by atoms with van der Waals surface area (Å²) in [7, 11) is 1.33. The first-order valence-corrected chi connectivity index (χ1v) is 9.92. The average molecular weight is 391 g/mol. The van der Waals surface area contributed by atoms with Gasteiger partial charge in [0, 0.05) is 5.69 Å². The lowest BCUT2D eigenvalue weighted by Crippen LogP contribution is -2.15. The van der Waals surface area contributed by atoms with E-state index >= 15 is 0 Å². The number of hydrogen-bond acceptors (Lipinski definition) is 4. The van der Waals surface area contributed by atoms with Crippen molar-refractivity contribution in [2.24, 2.45) is 0 Å². The number of anilines is 1. The summed E-state index contributed by atoms with van der Waals surface area (Å²) in [4.78, 5) is 24.1. The molecule has 0 saturated carbocycles. The predicted molar refractivity (Wildman–Crippen MR) is 114 cm³/mol. The van der Waals surface area contributed by atoms with Gasteiger partial charge in [-0.15, -0.1) is 11.8 Å². The van der Waals surface area contributed by atoms with Crippen LogP contribution in [0.2, 0.25) is 0 Å². The fraction of sp³-hybridized carbons (Fsp3) is 0.130. The number of carbonyl (C=O) groups excluding carboxylic acids is 2. The minimum atomic E-state index is -0.432. The third-order valence-corrected chi connectivity index (χ3v) is 5.46. The van der Waals surface area contributed by atoms with Gasteiger partial charge in [-0.1, -0.05) is 66.7 Å². The molecule has 0 aliphatic heterocycles. The third kappa shape index (κ3) is 5.24. The number of methoxy groups -OCH3 is 1. The van der Waals surface area contributed by atoms with Crippen LogP contribution < -0.4 is 5.32 Å². The van der Waals surface area contributed by atoms with Crippen LogP contribution in [0.1, 0.15) is 26.7 Å². The molecule has 0 unspecified atom stereocenters. The molecule has 0 spiro atoms. The molecule has 0 radical (unpaired) electrons. The Labute approximate surface area is 168 Å². The molecular weight excluding hydrogens is 370 g/mol. The molecule has 0 aliphatic rings. The van der Waals surface area contributed by atoms with Gasteiger partial charge in [-0.05, 0) is 29.3 Å². The number of ether oxygens (including phenoxy) is 1. The van der Waals surface area contributed by atoms with Crippen LogP contribution in [-0.4, -0.2) is 24.7 Å². The number of thioether (sulfide) groups is 1. The van der Waals surface area contributed by atoms with Gasteiger partial charge < -0.3 is 10.1 Å². The van der Waals surface area contributed by atoms with Crippen molar-refractivity contribution in [2.75, 3.05) is 18.2 Å². The maximum Gasteiger partial charge on any atom is 0.337 e. The van der Waals surface area contributed by atoms with Gasteiger partial charge in [0.25, 0.3) is 0 Å². The molecular formula is C23H21NO3S. The van der Waals surface area contributed by atoms with Crippen LogP contribution in [-0.2, 0) is 9.53 Å². The average Bonchev–Trinajstić information content (AvgIpc) is 2.75. The maximum atomic E-state index is 12.5. The Balaban J connectivity index is 1.68. The smallest absolute Gasteiger partial charge is 0.337 e. The molecule has 0 fully saturated rings. The normalized spacial score (nSPS) is 10.5. The summed E-state index contributed by atoms with van der Waals surface area (Å²) in [5.74, 6) is -0.265. The van der Waals surface area contributed by atoms with E-state index in [2.05, 4.69) is 29.6 Å². The highest BCUT2D eigenvalue weighted by Gasteiger charge is 2.16. The van der Waals surface area contributed by atoms with E-state index in [4.69, 9.17) is 4.74 Å². The Morgan fingerprint density at radius 3 is 2.07 bits per heavy atom. The van der Waals surface area contributed by atoms with Crippen LogP contribution >= 0.6 is 11.8 Å². The predicted octanol–water partition coefficient (Wildman–Crippen LogP) is 4.93. The molecule has 1 N–H and O–H groups in total. The first kappa shape index (κ1) is 19.7. The van der Waals surface area contributed by atoms with Crippen molar-refractivity contribution < 1.29 is 14.3 Å². The van der Waals surface area contributed by atoms with Gasteiger partial charge in [0.1, 0.15) is 0 Å². The lowest BCUT2D eigenvalue weighted by Gasteiger charge is -2.17. The second-order valence-corrected chi connectivity index (χ2v) is 7.23. The fourth-order valence-corrected chi connectivity index (χ4v) is 3.93. The van der Waals surface area contributed by atoms with Gasteiger partial charge >= 0.3 is 5.97 Å². The summed E-state index contributed by atoms with van der Waals surface area (Å²) in [5.41, 5.74) is 3.28. The van der Waals surface area contributed by atoms with Crippen LogP contribution in [0.4, 0.5) is 5.69 Å². The molecule has 3 aromatic carbocycles. The zero-order chi connectivity index (χ0) is 19.8. The van der Waals surface area contributed by atoms with E-state index < -0.39 is 5.97 Å². The molecule has 5 heteroatoms. The van der Waals surface area contributed by atoms with Gasteiger partial charge in [0.05, 0.1) is 23.7 Å². The van der Waals surface area contributed by atoms with Crippen LogP contribution in [0, 0.1) is 0 Å². The molecule has 142 valence electrons. The van der Waals surface area contributed by atoms with Crippen molar-refractivity contribution in [2.45, 2.75) is 5.25 Å². The highest BCUT2D eigenvalue weighted by atomic mass is 32.2. The largest absolute Gasteiger partial charge is 0.465 e. The summed E-state index contributed by atoms with van der Waals surface area (Å²) in [5, 5.41) is 2.92. The van der Waals surface area contributed by atoms with E-state index in [0.29, 0.717) is 11.3 Å². The first-order chi connectivity index (χ1) is 13.7. The summed E-state index contributed by atoms with van der Waals surface area (Å²) in [6.07, 6.45) is 0. The monoisotopic (exact) mass is 391 g/mol. The molecule has 0 heterocycles. The molecule has 3 rings (SSSR count). The number of amides is 1. The topological polar surface area (TPSA) is 55.4 Å². The van der Waals surface area contributed by atoms with Crippen LogP contribution in [0.3, 0.4) is 0 Å². The van der Waals surface area contributed by atoms with Crippen molar-refractivity contribution in [3.05, 3.63) is 102 Å². The Morgan fingerprint density at radius 1 is 0.893 bits per heavy atom. The Hall–Kier alpha value is -3.05. The van der Waals surface area contributed by atoms with Gasteiger partial charge in [-0.25, -0.2) is 4.79 Å². The maximum absolute atomic E-state index is 12.5. The number of carbonyl (C=O) groups is 2. The van der Waals surface area contributed by atoms with Crippen molar-refractivity contribution in [1.82, 2.24) is 0 Å². The van der Waals surface area contributed by atoms with E-state index in [9.17, 15) is 9.59 Å². The van der Waals surface area contributed by atoms with Crippen molar-refractivity contribution >= 4 is 29.3 Å². The molecule has 3 aromatic rings. The van der Waals surface area contributed by atoms with Gasteiger partial charge in [0.15, 0.2) is 0 Å². The summed E-state index contributed by atoms with van der Waals surface area (Å²) in [6.45, 7) is 0. The number of esters is 1. The SMILES string of the molecule is COC(=O)c1cccc(NC(=O)CSC(c2ccccc2)c2ccccc2)c1. The van der Waals surface area contributed by atoms with Gasteiger partial charge in [-0.2, -0.15) is 0 Å². The summed E-state index contributed by atoms with van der Waals surface area (Å²) < 4.78 is 4.72. The minimum absolute atomic E-state index is 0.0644. The highest BCUT2D eigenvalue weighted by Crippen LogP contribution is 2.35. The van der Waals surface area contributed by atoms with Crippen LogP contribution in [0.5, 0.6) is 0 Å². The third-order valence-electron chi connectivity index (χ3n) is 4.15. The molecule has 1 amide bonds. The van der Waals surface area contributed by atoms with Crippen molar-refractivity contribution in [3.8, 4) is 0 Å². The Kier molecular flexibility index (Phi) is 6.87. The Morgan fingerprint density at radius 2 is 1.50 bits per heavy atom. The van der Waals surface area contributed by atoms with E-state index in [1.165, 1.54) is 7.11 Å². The molecule has 0 bridgehead atoms. The van der Waals surface area contributed by atoms with Crippen LogP contribution in [0.15, 0.2) is 84.9 Å². The number of rotatable bonds is 7. The fourth-order valence-electron chi connectivity index (χ4n) is 2.84. The van der Waals surface area contributed by atoms with Crippen molar-refractivity contribution in [1.29, 1.82) is 0 Å². The van der Waals surface area contributed by atoms with E-state index in [-0.39, 0.29) is 16.9 Å². The number of nitrogens with one attached hydrogen (secondary N) is 1. The molecule has 0 atom stereocenters. The first-order valence-electron chi connectivity index (χ1n) is 8.87. The summed E-state index contributed by atoms with van der Waals surface area (Å²) in [6, 6.07) is 27.0. The second kappa shape index (κ2) is 9.76. The molecule has 28 heavy (non-hydrogen) atoms. The van der Waals surface area contributed by atoms with E-state index in [0.717, 1.165) is 11.1 Å². The van der Waals surface area contributed by atoms with E-state index in [1.807, 2.05) is 36.4 Å².